The van der Waals surface area contributed by atoms with Crippen molar-refractivity contribution in [2.75, 3.05) is 0 Å². The summed E-state index contributed by atoms with van der Waals surface area (Å²) in [7, 11) is 0. The molecule has 288 valence electrons. The molecule has 0 radical (unpaired) electrons. The van der Waals surface area contributed by atoms with Gasteiger partial charge in [0.2, 0.25) is 0 Å². The minimum Gasteiger partial charge on any atom is -0.457 e. The van der Waals surface area contributed by atoms with E-state index in [1.165, 1.54) is 58.7 Å². The second-order valence-corrected chi connectivity index (χ2v) is 17.9. The third-order valence-corrected chi connectivity index (χ3v) is 13.3. The summed E-state index contributed by atoms with van der Waals surface area (Å²) in [5, 5.41) is 8.27. The summed E-state index contributed by atoms with van der Waals surface area (Å²) < 4.78 is 14.1. The number of benzene rings is 6. The van der Waals surface area contributed by atoms with Crippen molar-refractivity contribution in [3.63, 3.8) is 0 Å². The molecule has 0 saturated heterocycles. The number of nitrogens with zero attached hydrogens (tertiary/aromatic N) is 4. The van der Waals surface area contributed by atoms with Crippen molar-refractivity contribution < 1.29 is 4.74 Å². The van der Waals surface area contributed by atoms with Crippen LogP contribution in [-0.4, -0.2) is 18.9 Å². The Bertz CT molecular complexity index is 3430. The summed E-state index contributed by atoms with van der Waals surface area (Å²) in [6.07, 6.45) is 3.96. The summed E-state index contributed by atoms with van der Waals surface area (Å²) >= 11 is 1.84. The molecule has 5 aromatic heterocycles. The zero-order valence-corrected chi connectivity index (χ0v) is 34.9. The topological polar surface area (TPSA) is 44.3 Å². The maximum Gasteiger partial charge on any atom is 0.145 e. The van der Waals surface area contributed by atoms with Crippen molar-refractivity contribution in [3.05, 3.63) is 156 Å². The average Bonchev–Trinajstić information content (AvgIpc) is 3.95. The molecule has 6 heteroatoms. The fraction of sp³-hybridized carbons (Fsp3) is 0.170. The van der Waals surface area contributed by atoms with Crippen LogP contribution < -0.4 is 4.74 Å². The molecule has 0 unspecified atom stereocenters. The van der Waals surface area contributed by atoms with Crippen molar-refractivity contribution in [1.82, 2.24) is 18.9 Å². The Hall–Kier alpha value is -6.50. The van der Waals surface area contributed by atoms with Gasteiger partial charge in [0, 0.05) is 59.5 Å². The first-order chi connectivity index (χ1) is 28.7. The van der Waals surface area contributed by atoms with E-state index in [0.717, 1.165) is 55.9 Å². The molecule has 0 fully saturated rings. The summed E-state index contributed by atoms with van der Waals surface area (Å²) in [5.74, 6) is 3.55. The Kier molecular flexibility index (Phi) is 8.18. The molecule has 0 bridgehead atoms. The van der Waals surface area contributed by atoms with Crippen LogP contribution in [0.1, 0.15) is 76.0 Å². The van der Waals surface area contributed by atoms with Gasteiger partial charge in [-0.1, -0.05) is 102 Å². The van der Waals surface area contributed by atoms with Crippen molar-refractivity contribution in [1.29, 1.82) is 0 Å². The van der Waals surface area contributed by atoms with Crippen LogP contribution >= 0.6 is 11.3 Å². The molecule has 0 N–H and O–H groups in total. The van der Waals surface area contributed by atoms with E-state index in [1.807, 2.05) is 23.6 Å². The second-order valence-electron chi connectivity index (χ2n) is 16.8. The van der Waals surface area contributed by atoms with E-state index in [0.29, 0.717) is 17.8 Å². The third kappa shape index (κ3) is 5.50. The van der Waals surface area contributed by atoms with Crippen molar-refractivity contribution in [2.24, 2.45) is 0 Å². The second kappa shape index (κ2) is 13.5. The van der Waals surface area contributed by atoms with Gasteiger partial charge in [0.05, 0.1) is 28.4 Å². The zero-order valence-electron chi connectivity index (χ0n) is 34.1. The van der Waals surface area contributed by atoms with Crippen molar-refractivity contribution in [2.45, 2.75) is 59.3 Å². The van der Waals surface area contributed by atoms with Gasteiger partial charge in [0.1, 0.15) is 23.0 Å². The molecule has 5 nitrogen and oxygen atoms in total. The summed E-state index contributed by atoms with van der Waals surface area (Å²) in [5.41, 5.74) is 10.9. The first-order valence-electron chi connectivity index (χ1n) is 20.7. The van der Waals surface area contributed by atoms with Crippen LogP contribution in [0.5, 0.6) is 11.5 Å². The molecule has 6 aromatic carbocycles. The lowest BCUT2D eigenvalue weighted by Crippen LogP contribution is -2.05. The molecule has 0 atom stereocenters. The molecular formula is C53H44N4OS. The number of imidazole rings is 1. The molecule has 11 rings (SSSR count). The molecular weight excluding hydrogens is 741 g/mol. The van der Waals surface area contributed by atoms with E-state index in [9.17, 15) is 0 Å². The van der Waals surface area contributed by atoms with E-state index in [1.54, 1.807) is 0 Å². The van der Waals surface area contributed by atoms with Gasteiger partial charge in [0.15, 0.2) is 0 Å². The van der Waals surface area contributed by atoms with E-state index < -0.39 is 0 Å². The number of ether oxygens (including phenoxy) is 1. The molecule has 0 aliphatic heterocycles. The van der Waals surface area contributed by atoms with Crippen molar-refractivity contribution in [3.8, 4) is 28.6 Å². The smallest absolute Gasteiger partial charge is 0.145 e. The maximum atomic E-state index is 6.84. The van der Waals surface area contributed by atoms with Gasteiger partial charge >= 0.3 is 0 Å². The van der Waals surface area contributed by atoms with Crippen LogP contribution in [0.25, 0.3) is 86.4 Å². The zero-order chi connectivity index (χ0) is 40.1. The minimum absolute atomic E-state index is 0.350. The number of hydrogen-bond acceptors (Lipinski definition) is 4. The van der Waals surface area contributed by atoms with E-state index in [-0.39, 0.29) is 0 Å². The highest BCUT2D eigenvalue weighted by atomic mass is 32.1. The number of para-hydroxylation sites is 1. The van der Waals surface area contributed by atoms with Gasteiger partial charge in [0.25, 0.3) is 0 Å². The molecule has 0 aliphatic carbocycles. The Morgan fingerprint density at radius 3 is 1.97 bits per heavy atom. The Balaban J connectivity index is 1.11. The summed E-state index contributed by atoms with van der Waals surface area (Å²) in [6.45, 7) is 13.8. The maximum absolute atomic E-state index is 6.84. The normalized spacial score (nSPS) is 12.4. The highest BCUT2D eigenvalue weighted by Crippen LogP contribution is 2.45. The van der Waals surface area contributed by atoms with Gasteiger partial charge in [-0.3, -0.25) is 8.97 Å². The number of pyridine rings is 2. The number of rotatable bonds is 7. The lowest BCUT2D eigenvalue weighted by atomic mass is 9.83. The van der Waals surface area contributed by atoms with Crippen LogP contribution in [0.15, 0.2) is 140 Å². The van der Waals surface area contributed by atoms with Crippen LogP contribution in [0.4, 0.5) is 0 Å². The molecule has 0 saturated carbocycles. The number of fused-ring (bicyclic) bond motifs is 13. The fourth-order valence-corrected chi connectivity index (χ4v) is 10.4. The highest BCUT2D eigenvalue weighted by Gasteiger charge is 2.24. The predicted molar refractivity (Wildman–Crippen MR) is 249 cm³/mol. The molecule has 0 spiro atoms. The van der Waals surface area contributed by atoms with Crippen LogP contribution in [0.2, 0.25) is 0 Å². The minimum atomic E-state index is 0.350. The molecule has 0 aliphatic rings. The fourth-order valence-electron chi connectivity index (χ4n) is 9.33. The first kappa shape index (κ1) is 35.6. The Morgan fingerprint density at radius 2 is 1.22 bits per heavy atom. The lowest BCUT2D eigenvalue weighted by molar-refractivity contribution is 0.484. The first-order valence-corrected chi connectivity index (χ1v) is 21.5. The monoisotopic (exact) mass is 784 g/mol. The third-order valence-electron chi connectivity index (χ3n) is 12.2. The van der Waals surface area contributed by atoms with E-state index in [4.69, 9.17) is 14.7 Å². The van der Waals surface area contributed by atoms with Crippen LogP contribution in [0.3, 0.4) is 0 Å². The predicted octanol–water partition coefficient (Wildman–Crippen LogP) is 15.3. The average molecular weight is 785 g/mol. The van der Waals surface area contributed by atoms with Gasteiger partial charge < -0.3 is 4.74 Å². The lowest BCUT2D eigenvalue weighted by Gasteiger charge is -2.23. The molecule has 59 heavy (non-hydrogen) atoms. The molecule has 5 heterocycles. The van der Waals surface area contributed by atoms with Gasteiger partial charge in [-0.2, -0.15) is 0 Å². The molecule has 0 amide bonds. The molecule has 11 aromatic rings. The summed E-state index contributed by atoms with van der Waals surface area (Å²) in [6, 6.07) is 45.8. The van der Waals surface area contributed by atoms with Crippen LogP contribution in [-0.2, 0) is 0 Å². The Labute approximate surface area is 347 Å². The standard InChI is InChI=1S/C53H44N4OS/c1-30(2)33-25-41(31(3)4)50(42(26-33)32(5)6)46-29-55-53-43-27-34(18-20-36(43)37-13-7-9-15-44(37)56(46)53)58-35-19-21-38-39-22-23-48-51(40-14-8-10-16-47(40)59-48)52(39)57(45(38)28-35)49-17-11-12-24-54-49/h7-32H,1-6H3. The highest BCUT2D eigenvalue weighted by molar-refractivity contribution is 7.26. The van der Waals surface area contributed by atoms with E-state index >= 15 is 0 Å². The largest absolute Gasteiger partial charge is 0.457 e. The van der Waals surface area contributed by atoms with Gasteiger partial charge in [-0.25, -0.2) is 9.97 Å². The van der Waals surface area contributed by atoms with E-state index in [2.05, 4.69) is 178 Å². The van der Waals surface area contributed by atoms with Gasteiger partial charge in [-0.15, -0.1) is 11.3 Å². The SMILES string of the molecule is CC(C)c1cc(C(C)C)c(-c2cnc3c4cc(Oc5ccc6c7ccc8sc9ccccc9c8c7n(-c7ccccn7)c6c5)ccc4c4ccccc4n23)c(C(C)C)c1. The van der Waals surface area contributed by atoms with Crippen LogP contribution in [0, 0.1) is 0 Å². The number of thiophene rings is 1. The summed E-state index contributed by atoms with van der Waals surface area (Å²) in [4.78, 5) is 10.1. The Morgan fingerprint density at radius 1 is 0.542 bits per heavy atom. The quantitative estimate of drug-likeness (QED) is 0.151. The van der Waals surface area contributed by atoms with Gasteiger partial charge in [-0.05, 0) is 100 Å². The number of hydrogen-bond donors (Lipinski definition) is 0. The number of aromatic nitrogens is 4. The van der Waals surface area contributed by atoms with Crippen molar-refractivity contribution >= 4 is 80.6 Å².